The molecule has 0 rings (SSSR count). The molecule has 1 amide bonds. The lowest BCUT2D eigenvalue weighted by Gasteiger charge is -2.29. The summed E-state index contributed by atoms with van der Waals surface area (Å²) < 4.78 is 0. The number of rotatable bonds is 2. The van der Waals surface area contributed by atoms with Crippen LogP contribution in [0.5, 0.6) is 0 Å². The molecule has 0 saturated carbocycles. The quantitative estimate of drug-likeness (QED) is 0.671. The fourth-order valence-corrected chi connectivity index (χ4v) is 0.764. The van der Waals surface area contributed by atoms with Crippen molar-refractivity contribution >= 4 is 5.91 Å². The maximum atomic E-state index is 11.5. The van der Waals surface area contributed by atoms with Gasteiger partial charge in [-0.3, -0.25) is 4.79 Å². The molecular formula is C9H20N2O. The van der Waals surface area contributed by atoms with E-state index in [0.29, 0.717) is 6.54 Å². The smallest absolute Gasteiger partial charge is 0.239 e. The maximum absolute atomic E-state index is 11.5. The Kier molecular flexibility index (Phi) is 3.71. The zero-order valence-electron chi connectivity index (χ0n) is 8.72. The molecule has 0 aromatic rings. The van der Waals surface area contributed by atoms with E-state index in [1.807, 2.05) is 27.7 Å². The van der Waals surface area contributed by atoms with Gasteiger partial charge in [0.25, 0.3) is 0 Å². The number of hydrogen-bond acceptors (Lipinski definition) is 2. The minimum atomic E-state index is -0.401. The van der Waals surface area contributed by atoms with Crippen LogP contribution >= 0.6 is 0 Å². The number of nitrogens with two attached hydrogens (primary N) is 1. The molecule has 1 atom stereocenters. The highest BCUT2D eigenvalue weighted by atomic mass is 16.2. The lowest BCUT2D eigenvalue weighted by Crippen LogP contribution is -2.49. The summed E-state index contributed by atoms with van der Waals surface area (Å²) >= 11 is 0. The molecule has 0 radical (unpaired) electrons. The van der Waals surface area contributed by atoms with Crippen LogP contribution in [-0.4, -0.2) is 30.4 Å². The molecule has 0 aliphatic heterocycles. The maximum Gasteiger partial charge on any atom is 0.239 e. The van der Waals surface area contributed by atoms with Crippen molar-refractivity contribution in [3.05, 3.63) is 0 Å². The van der Waals surface area contributed by atoms with Crippen LogP contribution in [0, 0.1) is 5.41 Å². The second-order valence-corrected chi connectivity index (χ2v) is 4.20. The first-order chi connectivity index (χ1) is 5.30. The molecule has 3 heteroatoms. The standard InChI is InChI=1S/C9H20N2O/c1-6-11(5)8(12)7(10)9(2,3)4/h7H,6,10H2,1-5H3/t7-/m1/s1. The number of carbonyl (C=O) groups is 1. The third-order valence-electron chi connectivity index (χ3n) is 2.05. The minimum absolute atomic E-state index is 0.0185. The van der Waals surface area contributed by atoms with E-state index in [1.54, 1.807) is 11.9 Å². The highest BCUT2D eigenvalue weighted by molar-refractivity contribution is 5.82. The first-order valence-electron chi connectivity index (χ1n) is 4.31. The van der Waals surface area contributed by atoms with Crippen molar-refractivity contribution in [2.75, 3.05) is 13.6 Å². The molecule has 0 fully saturated rings. The van der Waals surface area contributed by atoms with Crippen LogP contribution < -0.4 is 5.73 Å². The molecule has 0 unspecified atom stereocenters. The zero-order chi connectivity index (χ0) is 9.94. The summed E-state index contributed by atoms with van der Waals surface area (Å²) in [5.41, 5.74) is 5.63. The predicted octanol–water partition coefficient (Wildman–Crippen LogP) is 0.838. The summed E-state index contributed by atoms with van der Waals surface area (Å²) in [6.07, 6.45) is 0. The van der Waals surface area contributed by atoms with Gasteiger partial charge < -0.3 is 10.6 Å². The average Bonchev–Trinajstić information content (AvgIpc) is 1.98. The Labute approximate surface area is 74.9 Å². The predicted molar refractivity (Wildman–Crippen MR) is 50.7 cm³/mol. The Balaban J connectivity index is 4.30. The molecule has 0 aliphatic carbocycles. The molecular weight excluding hydrogens is 152 g/mol. The molecule has 0 spiro atoms. The fourth-order valence-electron chi connectivity index (χ4n) is 0.764. The van der Waals surface area contributed by atoms with Crippen molar-refractivity contribution in [2.45, 2.75) is 33.7 Å². The second-order valence-electron chi connectivity index (χ2n) is 4.20. The van der Waals surface area contributed by atoms with E-state index < -0.39 is 6.04 Å². The van der Waals surface area contributed by atoms with Gasteiger partial charge in [-0.25, -0.2) is 0 Å². The molecule has 0 bridgehead atoms. The summed E-state index contributed by atoms with van der Waals surface area (Å²) in [5.74, 6) is 0.0185. The van der Waals surface area contributed by atoms with Gasteiger partial charge in [0, 0.05) is 13.6 Å². The summed E-state index contributed by atoms with van der Waals surface area (Å²) in [7, 11) is 1.77. The van der Waals surface area contributed by atoms with Crippen molar-refractivity contribution < 1.29 is 4.79 Å². The first kappa shape index (κ1) is 11.4. The van der Waals surface area contributed by atoms with E-state index in [2.05, 4.69) is 0 Å². The van der Waals surface area contributed by atoms with Crippen LogP contribution in [0.25, 0.3) is 0 Å². The lowest BCUT2D eigenvalue weighted by atomic mass is 9.86. The zero-order valence-corrected chi connectivity index (χ0v) is 8.72. The van der Waals surface area contributed by atoms with Gasteiger partial charge in [-0.15, -0.1) is 0 Å². The Morgan fingerprint density at radius 3 is 2.17 bits per heavy atom. The molecule has 12 heavy (non-hydrogen) atoms. The van der Waals surface area contributed by atoms with E-state index in [4.69, 9.17) is 5.73 Å². The van der Waals surface area contributed by atoms with Crippen LogP contribution in [0.4, 0.5) is 0 Å². The van der Waals surface area contributed by atoms with Gasteiger partial charge in [0.15, 0.2) is 0 Å². The Bertz CT molecular complexity index is 160. The minimum Gasteiger partial charge on any atom is -0.345 e. The normalized spacial score (nSPS) is 14.2. The summed E-state index contributed by atoms with van der Waals surface area (Å²) in [4.78, 5) is 13.2. The number of carbonyl (C=O) groups excluding carboxylic acids is 1. The topological polar surface area (TPSA) is 46.3 Å². The molecule has 3 nitrogen and oxygen atoms in total. The van der Waals surface area contributed by atoms with Crippen LogP contribution in [0.3, 0.4) is 0 Å². The molecule has 2 N–H and O–H groups in total. The van der Waals surface area contributed by atoms with Crippen molar-refractivity contribution in [3.63, 3.8) is 0 Å². The van der Waals surface area contributed by atoms with Gasteiger partial charge in [0.2, 0.25) is 5.91 Å². The lowest BCUT2D eigenvalue weighted by molar-refractivity contribution is -0.133. The van der Waals surface area contributed by atoms with Crippen molar-refractivity contribution in [2.24, 2.45) is 11.1 Å². The van der Waals surface area contributed by atoms with E-state index in [9.17, 15) is 4.79 Å². The van der Waals surface area contributed by atoms with Gasteiger partial charge in [-0.2, -0.15) is 0 Å². The van der Waals surface area contributed by atoms with Gasteiger partial charge >= 0.3 is 0 Å². The second kappa shape index (κ2) is 3.90. The first-order valence-corrected chi connectivity index (χ1v) is 4.31. The van der Waals surface area contributed by atoms with E-state index >= 15 is 0 Å². The SMILES string of the molecule is CCN(C)C(=O)[C@@H](N)C(C)(C)C. The molecule has 0 heterocycles. The summed E-state index contributed by atoms with van der Waals surface area (Å²) in [5, 5.41) is 0. The monoisotopic (exact) mass is 172 g/mol. The average molecular weight is 172 g/mol. The molecule has 0 saturated heterocycles. The van der Waals surface area contributed by atoms with E-state index in [-0.39, 0.29) is 11.3 Å². The molecule has 0 aliphatic rings. The largest absolute Gasteiger partial charge is 0.345 e. The molecule has 0 aromatic heterocycles. The van der Waals surface area contributed by atoms with Crippen molar-refractivity contribution in [1.29, 1.82) is 0 Å². The van der Waals surface area contributed by atoms with Crippen molar-refractivity contribution in [1.82, 2.24) is 4.90 Å². The van der Waals surface area contributed by atoms with Gasteiger partial charge in [0.1, 0.15) is 0 Å². The molecule has 0 aromatic carbocycles. The van der Waals surface area contributed by atoms with Crippen molar-refractivity contribution in [3.8, 4) is 0 Å². The highest BCUT2D eigenvalue weighted by Crippen LogP contribution is 2.18. The number of hydrogen-bond donors (Lipinski definition) is 1. The summed E-state index contributed by atoms with van der Waals surface area (Å²) in [6.45, 7) is 8.56. The third-order valence-corrected chi connectivity index (χ3v) is 2.05. The van der Waals surface area contributed by atoms with Gasteiger partial charge in [-0.1, -0.05) is 20.8 Å². The fraction of sp³-hybridized carbons (Fsp3) is 0.889. The Morgan fingerprint density at radius 1 is 1.50 bits per heavy atom. The van der Waals surface area contributed by atoms with Gasteiger partial charge in [-0.05, 0) is 12.3 Å². The Hall–Kier alpha value is -0.570. The third kappa shape index (κ3) is 2.81. The van der Waals surface area contributed by atoms with Crippen LogP contribution in [0.15, 0.2) is 0 Å². The highest BCUT2D eigenvalue weighted by Gasteiger charge is 2.28. The summed E-state index contributed by atoms with van der Waals surface area (Å²) in [6, 6.07) is -0.401. The van der Waals surface area contributed by atoms with Crippen LogP contribution in [-0.2, 0) is 4.79 Å². The number of nitrogens with zero attached hydrogens (tertiary/aromatic N) is 1. The Morgan fingerprint density at radius 2 is 1.92 bits per heavy atom. The van der Waals surface area contributed by atoms with E-state index in [1.165, 1.54) is 0 Å². The van der Waals surface area contributed by atoms with Crippen LogP contribution in [0.2, 0.25) is 0 Å². The van der Waals surface area contributed by atoms with Gasteiger partial charge in [0.05, 0.1) is 6.04 Å². The molecule has 72 valence electrons. The van der Waals surface area contributed by atoms with Crippen LogP contribution in [0.1, 0.15) is 27.7 Å². The van der Waals surface area contributed by atoms with E-state index in [0.717, 1.165) is 0 Å². The number of likely N-dealkylation sites (N-methyl/N-ethyl adjacent to an activating group) is 1. The number of amides is 1.